The Kier molecular flexibility index (Phi) is 4.73. The minimum atomic E-state index is -0.844. The number of carbonyl (C=O) groups excluding carboxylic acids is 2. The number of hydrogen-bond donors (Lipinski definition) is 1. The predicted octanol–water partition coefficient (Wildman–Crippen LogP) is 4.09. The maximum Gasteiger partial charge on any atom is 0.339 e. The van der Waals surface area contributed by atoms with Crippen molar-refractivity contribution in [2.45, 2.75) is 25.9 Å². The first-order valence-electron chi connectivity index (χ1n) is 8.78. The summed E-state index contributed by atoms with van der Waals surface area (Å²) < 4.78 is 5.29. The fraction of sp³-hybridized carbons (Fsp3) is 0.190. The second-order valence-corrected chi connectivity index (χ2v) is 7.19. The lowest BCUT2D eigenvalue weighted by Gasteiger charge is -2.23. The van der Waals surface area contributed by atoms with Crippen LogP contribution in [0, 0.1) is 0 Å². The third-order valence-corrected chi connectivity index (χ3v) is 5.33. The van der Waals surface area contributed by atoms with Crippen LogP contribution in [0.1, 0.15) is 28.4 Å². The molecule has 6 heteroatoms. The number of thiazole rings is 1. The zero-order valence-corrected chi connectivity index (χ0v) is 15.6. The van der Waals surface area contributed by atoms with Crippen LogP contribution in [0.3, 0.4) is 0 Å². The highest BCUT2D eigenvalue weighted by atomic mass is 32.1. The van der Waals surface area contributed by atoms with E-state index in [4.69, 9.17) is 4.74 Å². The van der Waals surface area contributed by atoms with Gasteiger partial charge in [0.25, 0.3) is 5.91 Å². The van der Waals surface area contributed by atoms with Gasteiger partial charge in [-0.15, -0.1) is 11.3 Å². The van der Waals surface area contributed by atoms with Crippen LogP contribution >= 0.6 is 11.3 Å². The maximum absolute atomic E-state index is 12.5. The van der Waals surface area contributed by atoms with Crippen LogP contribution < -0.4 is 5.32 Å². The zero-order chi connectivity index (χ0) is 18.8. The van der Waals surface area contributed by atoms with Crippen molar-refractivity contribution in [3.05, 3.63) is 70.6 Å². The van der Waals surface area contributed by atoms with E-state index in [1.165, 1.54) is 16.9 Å². The fourth-order valence-corrected chi connectivity index (χ4v) is 3.76. The number of benzene rings is 2. The molecule has 0 unspecified atom stereocenters. The Bertz CT molecular complexity index is 995. The van der Waals surface area contributed by atoms with Gasteiger partial charge in [-0.3, -0.25) is 10.1 Å². The lowest BCUT2D eigenvalue weighted by atomic mass is 9.98. The second kappa shape index (κ2) is 7.32. The van der Waals surface area contributed by atoms with Gasteiger partial charge in [0.15, 0.2) is 11.2 Å². The number of aryl methyl sites for hydroxylation is 1. The van der Waals surface area contributed by atoms with Gasteiger partial charge in [0.1, 0.15) is 0 Å². The Morgan fingerprint density at radius 2 is 2.00 bits per heavy atom. The summed E-state index contributed by atoms with van der Waals surface area (Å²) in [5.74, 6) is -0.826. The Morgan fingerprint density at radius 1 is 1.22 bits per heavy atom. The van der Waals surface area contributed by atoms with Crippen LogP contribution in [0.15, 0.2) is 53.9 Å². The zero-order valence-electron chi connectivity index (χ0n) is 14.8. The van der Waals surface area contributed by atoms with Crippen LogP contribution in [0.25, 0.3) is 11.3 Å². The molecule has 0 saturated heterocycles. The van der Waals surface area contributed by atoms with Gasteiger partial charge in [0.2, 0.25) is 0 Å². The SMILES string of the molecule is CCc1ccc(-c2csc(NC(=O)[C@H]3Cc4ccccc4C(=O)O3)n2)cc1. The Balaban J connectivity index is 1.46. The molecule has 2 aromatic carbocycles. The van der Waals surface area contributed by atoms with E-state index >= 15 is 0 Å². The molecule has 1 atom stereocenters. The average molecular weight is 378 g/mol. The molecule has 27 heavy (non-hydrogen) atoms. The summed E-state index contributed by atoms with van der Waals surface area (Å²) in [6.45, 7) is 2.11. The largest absolute Gasteiger partial charge is 0.448 e. The number of anilines is 1. The van der Waals surface area contributed by atoms with Crippen molar-refractivity contribution >= 4 is 28.3 Å². The predicted molar refractivity (Wildman–Crippen MR) is 105 cm³/mol. The van der Waals surface area contributed by atoms with Crippen molar-refractivity contribution in [2.75, 3.05) is 5.32 Å². The first-order valence-corrected chi connectivity index (χ1v) is 9.66. The van der Waals surface area contributed by atoms with Crippen molar-refractivity contribution < 1.29 is 14.3 Å². The normalized spacial score (nSPS) is 15.7. The van der Waals surface area contributed by atoms with Gasteiger partial charge in [0.05, 0.1) is 11.3 Å². The smallest absolute Gasteiger partial charge is 0.339 e. The van der Waals surface area contributed by atoms with Crippen LogP contribution in [0.5, 0.6) is 0 Å². The molecule has 0 aliphatic carbocycles. The van der Waals surface area contributed by atoms with E-state index in [9.17, 15) is 9.59 Å². The molecule has 5 nitrogen and oxygen atoms in total. The summed E-state index contributed by atoms with van der Waals surface area (Å²) in [7, 11) is 0. The first-order chi connectivity index (χ1) is 13.1. The van der Waals surface area contributed by atoms with Crippen molar-refractivity contribution in [1.29, 1.82) is 0 Å². The third kappa shape index (κ3) is 3.61. The highest BCUT2D eigenvalue weighted by molar-refractivity contribution is 7.14. The van der Waals surface area contributed by atoms with Crippen LogP contribution in [0.2, 0.25) is 0 Å². The molecule has 2 heterocycles. The van der Waals surface area contributed by atoms with Gasteiger partial charge in [0, 0.05) is 17.4 Å². The molecule has 3 aromatic rings. The summed E-state index contributed by atoms with van der Waals surface area (Å²) in [4.78, 5) is 29.1. The standard InChI is InChI=1S/C21H18N2O3S/c1-2-13-7-9-14(10-8-13)17-12-27-21(22-17)23-19(24)18-11-15-5-3-4-6-16(15)20(25)26-18/h3-10,12,18H,2,11H2,1H3,(H,22,23,24)/t18-/m1/s1. The second-order valence-electron chi connectivity index (χ2n) is 6.33. The molecule has 136 valence electrons. The van der Waals surface area contributed by atoms with E-state index in [0.717, 1.165) is 23.2 Å². The summed E-state index contributed by atoms with van der Waals surface area (Å²) in [5.41, 5.74) is 4.42. The lowest BCUT2D eigenvalue weighted by Crippen LogP contribution is -2.37. The van der Waals surface area contributed by atoms with Gasteiger partial charge >= 0.3 is 5.97 Å². The monoisotopic (exact) mass is 378 g/mol. The van der Waals surface area contributed by atoms with Gasteiger partial charge in [-0.2, -0.15) is 0 Å². The van der Waals surface area contributed by atoms with Crippen LogP contribution in [-0.4, -0.2) is 23.0 Å². The number of esters is 1. The van der Waals surface area contributed by atoms with Gasteiger partial charge in [-0.25, -0.2) is 9.78 Å². The minimum absolute atomic E-state index is 0.361. The molecular formula is C21H18N2O3S. The highest BCUT2D eigenvalue weighted by Crippen LogP contribution is 2.26. The van der Waals surface area contributed by atoms with Crippen molar-refractivity contribution in [3.8, 4) is 11.3 Å². The van der Waals surface area contributed by atoms with E-state index in [1.807, 2.05) is 29.6 Å². The number of fused-ring (bicyclic) bond motifs is 1. The number of amides is 1. The number of ether oxygens (including phenoxy) is 1. The molecule has 0 saturated carbocycles. The molecule has 1 N–H and O–H groups in total. The molecule has 1 amide bonds. The van der Waals surface area contributed by atoms with E-state index in [1.54, 1.807) is 12.1 Å². The van der Waals surface area contributed by atoms with Gasteiger partial charge < -0.3 is 4.74 Å². The molecule has 0 radical (unpaired) electrons. The number of cyclic esters (lactones) is 1. The molecule has 1 aromatic heterocycles. The number of rotatable bonds is 4. The fourth-order valence-electron chi connectivity index (χ4n) is 3.04. The highest BCUT2D eigenvalue weighted by Gasteiger charge is 2.31. The number of carbonyl (C=O) groups is 2. The minimum Gasteiger partial charge on any atom is -0.448 e. The number of nitrogens with zero attached hydrogens (tertiary/aromatic N) is 1. The Morgan fingerprint density at radius 3 is 2.78 bits per heavy atom. The van der Waals surface area contributed by atoms with E-state index in [-0.39, 0.29) is 5.91 Å². The van der Waals surface area contributed by atoms with E-state index in [0.29, 0.717) is 17.1 Å². The van der Waals surface area contributed by atoms with Crippen molar-refractivity contribution in [2.24, 2.45) is 0 Å². The topological polar surface area (TPSA) is 68.3 Å². The summed E-state index contributed by atoms with van der Waals surface area (Å²) >= 11 is 1.35. The molecule has 0 bridgehead atoms. The molecular weight excluding hydrogens is 360 g/mol. The Labute approximate surface area is 161 Å². The summed E-state index contributed by atoms with van der Waals surface area (Å²) in [5, 5.41) is 5.16. The number of nitrogens with one attached hydrogen (secondary N) is 1. The maximum atomic E-state index is 12.5. The van der Waals surface area contributed by atoms with E-state index < -0.39 is 12.1 Å². The van der Waals surface area contributed by atoms with Crippen molar-refractivity contribution in [1.82, 2.24) is 4.98 Å². The van der Waals surface area contributed by atoms with Crippen LogP contribution in [0.4, 0.5) is 5.13 Å². The van der Waals surface area contributed by atoms with Crippen molar-refractivity contribution in [3.63, 3.8) is 0 Å². The quantitative estimate of drug-likeness (QED) is 0.694. The molecule has 4 rings (SSSR count). The number of hydrogen-bond acceptors (Lipinski definition) is 5. The van der Waals surface area contributed by atoms with Gasteiger partial charge in [-0.1, -0.05) is 49.4 Å². The van der Waals surface area contributed by atoms with Gasteiger partial charge in [-0.05, 0) is 23.6 Å². The van der Waals surface area contributed by atoms with Crippen LogP contribution in [-0.2, 0) is 22.4 Å². The van der Waals surface area contributed by atoms with E-state index in [2.05, 4.69) is 29.4 Å². The molecule has 1 aliphatic rings. The summed E-state index contributed by atoms with van der Waals surface area (Å²) in [6.07, 6.45) is 0.510. The first kappa shape index (κ1) is 17.4. The molecule has 0 fully saturated rings. The molecule has 1 aliphatic heterocycles. The molecule has 0 spiro atoms. The number of aromatic nitrogens is 1. The summed E-state index contributed by atoms with van der Waals surface area (Å²) in [6, 6.07) is 15.4. The Hall–Kier alpha value is -2.99. The lowest BCUT2D eigenvalue weighted by molar-refractivity contribution is -0.125. The third-order valence-electron chi connectivity index (χ3n) is 4.58. The average Bonchev–Trinajstić information content (AvgIpc) is 3.16.